The molecule has 3 aliphatic rings. The number of ether oxygens (including phenoxy) is 1. The van der Waals surface area contributed by atoms with Gasteiger partial charge in [-0.3, -0.25) is 19.3 Å². The second kappa shape index (κ2) is 6.10. The summed E-state index contributed by atoms with van der Waals surface area (Å²) in [5, 5.41) is 4.60. The molecule has 1 aromatic rings. The molecule has 0 saturated carbocycles. The van der Waals surface area contributed by atoms with Gasteiger partial charge in [-0.05, 0) is 18.2 Å². The Labute approximate surface area is 156 Å². The first-order chi connectivity index (χ1) is 12.8. The maximum atomic E-state index is 14.0. The van der Waals surface area contributed by atoms with Crippen LogP contribution in [0, 0.1) is 23.6 Å². The smallest absolute Gasteiger partial charge is 0.291 e. The van der Waals surface area contributed by atoms with Crippen molar-refractivity contribution in [3.05, 3.63) is 29.6 Å². The number of likely N-dealkylation sites (tertiary alicyclic amines) is 1. The average Bonchev–Trinajstić information content (AvgIpc) is 3.20. The molecule has 0 aliphatic carbocycles. The zero-order chi connectivity index (χ0) is 19.5. The summed E-state index contributed by atoms with van der Waals surface area (Å²) < 4.78 is 19.0. The summed E-state index contributed by atoms with van der Waals surface area (Å²) >= 11 is 0. The Morgan fingerprint density at radius 1 is 1.30 bits per heavy atom. The van der Waals surface area contributed by atoms with Gasteiger partial charge in [0.1, 0.15) is 23.7 Å². The van der Waals surface area contributed by atoms with E-state index in [0.717, 1.165) is 0 Å². The SMILES string of the molecule is COCCN1C(=O)[C@@H]2[C@@H](C(C)C)[NH2+][C@]3(C(=O)Nc4ccc(F)cc43)[C@@H]2C1=O. The number of quaternary nitrogens is 1. The molecular formula is C19H23FN3O4+. The maximum Gasteiger partial charge on any atom is 0.291 e. The fourth-order valence-corrected chi connectivity index (χ4v) is 4.93. The number of amides is 3. The van der Waals surface area contributed by atoms with Gasteiger partial charge in [0, 0.05) is 18.6 Å². The highest BCUT2D eigenvalue weighted by molar-refractivity contribution is 6.13. The molecule has 3 amide bonds. The highest BCUT2D eigenvalue weighted by Crippen LogP contribution is 2.49. The van der Waals surface area contributed by atoms with Crippen LogP contribution < -0.4 is 10.6 Å². The fraction of sp³-hybridized carbons (Fsp3) is 0.526. The predicted molar refractivity (Wildman–Crippen MR) is 92.8 cm³/mol. The normalized spacial score (nSPS) is 31.8. The number of carbonyl (C=O) groups excluding carboxylic acids is 3. The summed E-state index contributed by atoms with van der Waals surface area (Å²) in [7, 11) is 1.50. The number of anilines is 1. The molecule has 2 saturated heterocycles. The molecule has 0 aromatic heterocycles. The summed E-state index contributed by atoms with van der Waals surface area (Å²) in [6, 6.07) is 3.84. The van der Waals surface area contributed by atoms with Crippen LogP contribution in [0.5, 0.6) is 0 Å². The van der Waals surface area contributed by atoms with E-state index < -0.39 is 23.2 Å². The molecule has 0 bridgehead atoms. The number of nitrogens with two attached hydrogens (primary N) is 1. The van der Waals surface area contributed by atoms with Crippen molar-refractivity contribution in [1.29, 1.82) is 0 Å². The van der Waals surface area contributed by atoms with Gasteiger partial charge in [0.2, 0.25) is 17.4 Å². The first-order valence-electron chi connectivity index (χ1n) is 9.14. The summed E-state index contributed by atoms with van der Waals surface area (Å²) in [6.45, 7) is 4.31. The molecule has 3 N–H and O–H groups in total. The van der Waals surface area contributed by atoms with Gasteiger partial charge in [0.25, 0.3) is 5.91 Å². The lowest BCUT2D eigenvalue weighted by molar-refractivity contribution is -0.738. The van der Waals surface area contributed by atoms with Crippen LogP contribution in [0.1, 0.15) is 19.4 Å². The molecule has 1 aromatic carbocycles. The second-order valence-electron chi connectivity index (χ2n) is 7.83. The monoisotopic (exact) mass is 376 g/mol. The summed E-state index contributed by atoms with van der Waals surface area (Å²) in [5.41, 5.74) is -0.372. The van der Waals surface area contributed by atoms with E-state index in [1.807, 2.05) is 19.2 Å². The van der Waals surface area contributed by atoms with E-state index in [4.69, 9.17) is 4.74 Å². The number of carbonyl (C=O) groups is 3. The number of hydrogen-bond donors (Lipinski definition) is 2. The Kier molecular flexibility index (Phi) is 4.08. The summed E-state index contributed by atoms with van der Waals surface area (Å²) in [5.74, 6) is -2.90. The van der Waals surface area contributed by atoms with Gasteiger partial charge >= 0.3 is 0 Å². The van der Waals surface area contributed by atoms with Crippen molar-refractivity contribution in [3.63, 3.8) is 0 Å². The van der Waals surface area contributed by atoms with Crippen LogP contribution in [-0.2, 0) is 24.7 Å². The Morgan fingerprint density at radius 3 is 2.70 bits per heavy atom. The lowest BCUT2D eigenvalue weighted by Gasteiger charge is -2.27. The Balaban J connectivity index is 1.86. The van der Waals surface area contributed by atoms with E-state index >= 15 is 0 Å². The van der Waals surface area contributed by atoms with E-state index in [-0.39, 0.29) is 42.8 Å². The molecule has 3 heterocycles. The van der Waals surface area contributed by atoms with Gasteiger partial charge in [0.05, 0.1) is 18.8 Å². The zero-order valence-electron chi connectivity index (χ0n) is 15.5. The molecule has 144 valence electrons. The number of methoxy groups -OCH3 is 1. The van der Waals surface area contributed by atoms with Crippen molar-refractivity contribution in [2.75, 3.05) is 25.6 Å². The van der Waals surface area contributed by atoms with Crippen LogP contribution in [0.25, 0.3) is 0 Å². The van der Waals surface area contributed by atoms with Gasteiger partial charge in [-0.1, -0.05) is 13.8 Å². The topological polar surface area (TPSA) is 92.3 Å². The van der Waals surface area contributed by atoms with Gasteiger partial charge in [0.15, 0.2) is 0 Å². The van der Waals surface area contributed by atoms with Crippen LogP contribution in [0.3, 0.4) is 0 Å². The highest BCUT2D eigenvalue weighted by Gasteiger charge is 2.74. The van der Waals surface area contributed by atoms with Crippen molar-refractivity contribution in [2.24, 2.45) is 17.8 Å². The largest absolute Gasteiger partial charge is 0.383 e. The molecule has 7 nitrogen and oxygen atoms in total. The summed E-state index contributed by atoms with van der Waals surface area (Å²) in [4.78, 5) is 40.6. The third-order valence-corrected chi connectivity index (χ3v) is 6.14. The highest BCUT2D eigenvalue weighted by atomic mass is 19.1. The number of hydrogen-bond acceptors (Lipinski definition) is 4. The minimum atomic E-state index is -1.31. The molecular weight excluding hydrogens is 353 g/mol. The number of fused-ring (bicyclic) bond motifs is 4. The van der Waals surface area contributed by atoms with Gasteiger partial charge < -0.3 is 15.4 Å². The average molecular weight is 376 g/mol. The lowest BCUT2D eigenvalue weighted by Crippen LogP contribution is -2.99. The first kappa shape index (κ1) is 18.1. The molecule has 4 atom stereocenters. The predicted octanol–water partition coefficient (Wildman–Crippen LogP) is -0.178. The summed E-state index contributed by atoms with van der Waals surface area (Å²) in [6.07, 6.45) is 0. The van der Waals surface area contributed by atoms with Crippen molar-refractivity contribution >= 4 is 23.4 Å². The third-order valence-electron chi connectivity index (χ3n) is 6.14. The maximum absolute atomic E-state index is 14.0. The van der Waals surface area contributed by atoms with E-state index in [2.05, 4.69) is 5.32 Å². The van der Waals surface area contributed by atoms with Crippen LogP contribution in [-0.4, -0.2) is 48.9 Å². The molecule has 1 spiro atoms. The quantitative estimate of drug-likeness (QED) is 0.714. The third kappa shape index (κ3) is 2.29. The van der Waals surface area contributed by atoms with Gasteiger partial charge in [-0.15, -0.1) is 0 Å². The minimum Gasteiger partial charge on any atom is -0.383 e. The van der Waals surface area contributed by atoms with Gasteiger partial charge in [-0.25, -0.2) is 4.39 Å². The van der Waals surface area contributed by atoms with Crippen molar-refractivity contribution in [1.82, 2.24) is 4.90 Å². The molecule has 0 unspecified atom stereocenters. The van der Waals surface area contributed by atoms with Crippen molar-refractivity contribution in [2.45, 2.75) is 25.4 Å². The van der Waals surface area contributed by atoms with Crippen LogP contribution in [0.2, 0.25) is 0 Å². The lowest BCUT2D eigenvalue weighted by atomic mass is 9.76. The molecule has 8 heteroatoms. The van der Waals surface area contributed by atoms with Gasteiger partial charge in [-0.2, -0.15) is 0 Å². The number of rotatable bonds is 4. The minimum absolute atomic E-state index is 0.0569. The second-order valence-corrected chi connectivity index (χ2v) is 7.83. The molecule has 27 heavy (non-hydrogen) atoms. The zero-order valence-corrected chi connectivity index (χ0v) is 15.5. The standard InChI is InChI=1S/C19H22FN3O4/c1-9(2)15-13-14(17(25)23(16(13)24)6-7-27-3)19(22-15)11-8-10(20)4-5-12(11)21-18(19)26/h4-5,8-9,13-15,22H,6-7H2,1-3H3,(H,21,26)/p+1/t13-,14-,15+,19-/m0/s1. The fourth-order valence-electron chi connectivity index (χ4n) is 4.93. The Hall–Kier alpha value is -2.32. The van der Waals surface area contributed by atoms with E-state index in [1.54, 1.807) is 0 Å². The number of halogens is 1. The Morgan fingerprint density at radius 2 is 2.04 bits per heavy atom. The van der Waals surface area contributed by atoms with Crippen LogP contribution in [0.4, 0.5) is 10.1 Å². The van der Waals surface area contributed by atoms with Crippen molar-refractivity contribution < 1.29 is 28.8 Å². The van der Waals surface area contributed by atoms with E-state index in [1.165, 1.54) is 30.2 Å². The molecule has 2 fully saturated rings. The van der Waals surface area contributed by atoms with Crippen LogP contribution in [0.15, 0.2) is 18.2 Å². The Bertz CT molecular complexity index is 842. The van der Waals surface area contributed by atoms with E-state index in [0.29, 0.717) is 11.3 Å². The van der Waals surface area contributed by atoms with Crippen molar-refractivity contribution in [3.8, 4) is 0 Å². The number of benzene rings is 1. The number of nitrogens with one attached hydrogen (secondary N) is 1. The number of imide groups is 1. The van der Waals surface area contributed by atoms with E-state index in [9.17, 15) is 18.8 Å². The number of nitrogens with zero attached hydrogens (tertiary/aromatic N) is 1. The first-order valence-corrected chi connectivity index (χ1v) is 9.14. The molecule has 4 rings (SSSR count). The molecule has 0 radical (unpaired) electrons. The van der Waals surface area contributed by atoms with Crippen LogP contribution >= 0.6 is 0 Å². The molecule has 3 aliphatic heterocycles.